The van der Waals surface area contributed by atoms with E-state index in [0.29, 0.717) is 0 Å². The van der Waals surface area contributed by atoms with Crippen LogP contribution in [0.4, 0.5) is 4.79 Å². The highest BCUT2D eigenvalue weighted by Gasteiger charge is 2.16. The Morgan fingerprint density at radius 1 is 1.14 bits per heavy atom. The number of carbonyl (C=O) groups is 1. The van der Waals surface area contributed by atoms with Crippen molar-refractivity contribution in [2.24, 2.45) is 0 Å². The smallest absolute Gasteiger partial charge is 0.321 e. The van der Waals surface area contributed by atoms with E-state index >= 15 is 0 Å². The van der Waals surface area contributed by atoms with Gasteiger partial charge in [0.2, 0.25) is 0 Å². The third kappa shape index (κ3) is 2.28. The van der Waals surface area contributed by atoms with Crippen LogP contribution in [-0.2, 0) is 0 Å². The van der Waals surface area contributed by atoms with Gasteiger partial charge in [-0.3, -0.25) is 0 Å². The molecule has 1 saturated carbocycles. The molecular weight excluding hydrogens is 176 g/mol. The van der Waals surface area contributed by atoms with Gasteiger partial charge in [0.15, 0.2) is 0 Å². The molecule has 1 N–H and O–H groups in total. The predicted molar refractivity (Wildman–Crippen MR) is 55.9 cm³/mol. The lowest BCUT2D eigenvalue weighted by Crippen LogP contribution is -2.35. The fourth-order valence-corrected chi connectivity index (χ4v) is 2.15. The lowest BCUT2D eigenvalue weighted by molar-refractivity contribution is 0.212. The maximum absolute atomic E-state index is 11.6. The summed E-state index contributed by atoms with van der Waals surface area (Å²) in [7, 11) is 0. The molecule has 3 nitrogen and oxygen atoms in total. The van der Waals surface area contributed by atoms with Crippen molar-refractivity contribution in [3.63, 3.8) is 0 Å². The number of amides is 2. The Bertz CT molecular complexity index is 234. The largest absolute Gasteiger partial charge is 0.325 e. The van der Waals surface area contributed by atoms with E-state index in [-0.39, 0.29) is 6.03 Å². The number of hydrogen-bond donors (Lipinski definition) is 1. The lowest BCUT2D eigenvalue weighted by atomic mass is 10.2. The van der Waals surface area contributed by atoms with Crippen molar-refractivity contribution in [3.05, 3.63) is 11.8 Å². The van der Waals surface area contributed by atoms with Gasteiger partial charge in [-0.15, -0.1) is 0 Å². The van der Waals surface area contributed by atoms with Gasteiger partial charge in [-0.25, -0.2) is 4.79 Å². The Morgan fingerprint density at radius 2 is 1.79 bits per heavy atom. The van der Waals surface area contributed by atoms with Crippen molar-refractivity contribution < 1.29 is 4.79 Å². The van der Waals surface area contributed by atoms with Crippen LogP contribution in [0.3, 0.4) is 0 Å². The molecule has 1 saturated heterocycles. The normalized spacial score (nSPS) is 21.4. The van der Waals surface area contributed by atoms with Crippen molar-refractivity contribution in [1.29, 1.82) is 0 Å². The Hall–Kier alpha value is -0.990. The second-order valence-corrected chi connectivity index (χ2v) is 4.15. The fourth-order valence-electron chi connectivity index (χ4n) is 2.15. The number of allylic oxidation sites excluding steroid dienone is 1. The molecule has 0 aromatic heterocycles. The van der Waals surface area contributed by atoms with Crippen molar-refractivity contribution >= 4 is 6.03 Å². The summed E-state index contributed by atoms with van der Waals surface area (Å²) in [5.41, 5.74) is 1.40. The fraction of sp³-hybridized carbons (Fsp3) is 0.727. The van der Waals surface area contributed by atoms with E-state index in [9.17, 15) is 4.79 Å². The van der Waals surface area contributed by atoms with E-state index in [2.05, 4.69) is 5.32 Å². The van der Waals surface area contributed by atoms with E-state index < -0.39 is 0 Å². The second-order valence-electron chi connectivity index (χ2n) is 4.15. The number of rotatable bonds is 1. The number of nitrogens with one attached hydrogen (secondary N) is 1. The van der Waals surface area contributed by atoms with Crippen molar-refractivity contribution in [3.8, 4) is 0 Å². The average molecular weight is 194 g/mol. The van der Waals surface area contributed by atoms with Gasteiger partial charge < -0.3 is 10.2 Å². The molecule has 0 spiro atoms. The number of hydrogen-bond acceptors (Lipinski definition) is 1. The van der Waals surface area contributed by atoms with Crippen LogP contribution in [0.1, 0.15) is 38.5 Å². The third-order valence-electron chi connectivity index (χ3n) is 3.04. The van der Waals surface area contributed by atoms with Gasteiger partial charge >= 0.3 is 6.03 Å². The highest BCUT2D eigenvalue weighted by Crippen LogP contribution is 2.22. The van der Waals surface area contributed by atoms with E-state index in [1.54, 1.807) is 0 Å². The molecule has 1 heterocycles. The first-order valence-corrected chi connectivity index (χ1v) is 5.59. The minimum absolute atomic E-state index is 0.0851. The van der Waals surface area contributed by atoms with Crippen LogP contribution >= 0.6 is 0 Å². The molecule has 3 heteroatoms. The van der Waals surface area contributed by atoms with Crippen LogP contribution in [0.25, 0.3) is 0 Å². The molecule has 0 bridgehead atoms. The molecule has 2 aliphatic rings. The summed E-state index contributed by atoms with van der Waals surface area (Å²) in [6, 6.07) is 0.0851. The van der Waals surface area contributed by atoms with Gasteiger partial charge in [0.25, 0.3) is 0 Å². The molecule has 0 radical (unpaired) electrons. The summed E-state index contributed by atoms with van der Waals surface area (Å²) in [5, 5.41) is 2.89. The molecule has 0 atom stereocenters. The van der Waals surface area contributed by atoms with Crippen molar-refractivity contribution in [2.45, 2.75) is 38.5 Å². The minimum atomic E-state index is 0.0851. The summed E-state index contributed by atoms with van der Waals surface area (Å²) in [5.74, 6) is 0. The van der Waals surface area contributed by atoms with Gasteiger partial charge in [0.05, 0.1) is 0 Å². The Morgan fingerprint density at radius 3 is 2.43 bits per heavy atom. The first-order valence-electron chi connectivity index (χ1n) is 5.59. The zero-order valence-electron chi connectivity index (χ0n) is 8.59. The third-order valence-corrected chi connectivity index (χ3v) is 3.04. The molecule has 0 aromatic carbocycles. The number of carbonyl (C=O) groups excluding carboxylic acids is 1. The van der Waals surface area contributed by atoms with Gasteiger partial charge in [-0.2, -0.15) is 0 Å². The molecule has 2 rings (SSSR count). The van der Waals surface area contributed by atoms with Crippen LogP contribution in [0.5, 0.6) is 0 Å². The van der Waals surface area contributed by atoms with Gasteiger partial charge in [-0.05, 0) is 38.5 Å². The highest BCUT2D eigenvalue weighted by atomic mass is 16.2. The Kier molecular flexibility index (Phi) is 3.07. The lowest BCUT2D eigenvalue weighted by Gasteiger charge is -2.14. The maximum Gasteiger partial charge on any atom is 0.321 e. The maximum atomic E-state index is 11.6. The zero-order valence-corrected chi connectivity index (χ0v) is 8.59. The van der Waals surface area contributed by atoms with E-state index in [1.165, 1.54) is 31.3 Å². The summed E-state index contributed by atoms with van der Waals surface area (Å²) < 4.78 is 0. The van der Waals surface area contributed by atoms with Crippen LogP contribution in [0.15, 0.2) is 11.8 Å². The van der Waals surface area contributed by atoms with Crippen LogP contribution < -0.4 is 5.32 Å². The molecule has 1 aliphatic heterocycles. The number of nitrogens with zero attached hydrogens (tertiary/aromatic N) is 1. The molecule has 0 aromatic rings. The first-order chi connectivity index (χ1) is 6.86. The number of urea groups is 1. The van der Waals surface area contributed by atoms with E-state index in [1.807, 2.05) is 11.1 Å². The predicted octanol–water partition coefficient (Wildman–Crippen LogP) is 2.25. The topological polar surface area (TPSA) is 32.3 Å². The minimum Gasteiger partial charge on any atom is -0.325 e. The number of likely N-dealkylation sites (tertiary alicyclic amines) is 1. The molecule has 2 fully saturated rings. The van der Waals surface area contributed by atoms with Gasteiger partial charge in [0.1, 0.15) is 0 Å². The van der Waals surface area contributed by atoms with Crippen molar-refractivity contribution in [1.82, 2.24) is 10.2 Å². The average Bonchev–Trinajstić information content (AvgIpc) is 2.87. The highest BCUT2D eigenvalue weighted by molar-refractivity contribution is 5.75. The van der Waals surface area contributed by atoms with Gasteiger partial charge in [0, 0.05) is 19.3 Å². The van der Waals surface area contributed by atoms with Crippen LogP contribution in [0, 0.1) is 0 Å². The molecule has 1 aliphatic carbocycles. The second kappa shape index (κ2) is 4.49. The SMILES string of the molecule is O=C(NC=C1CCCC1)N1CCCC1. The quantitative estimate of drug-likeness (QED) is 0.682. The Balaban J connectivity index is 1.78. The zero-order chi connectivity index (χ0) is 9.80. The van der Waals surface area contributed by atoms with E-state index in [4.69, 9.17) is 0 Å². The van der Waals surface area contributed by atoms with Crippen LogP contribution in [-0.4, -0.2) is 24.0 Å². The molecular formula is C11H18N2O. The van der Waals surface area contributed by atoms with E-state index in [0.717, 1.165) is 25.9 Å². The van der Waals surface area contributed by atoms with Gasteiger partial charge in [-0.1, -0.05) is 5.57 Å². The molecule has 2 amide bonds. The Labute approximate surface area is 85.2 Å². The molecule has 0 unspecified atom stereocenters. The summed E-state index contributed by atoms with van der Waals surface area (Å²) >= 11 is 0. The first kappa shape index (κ1) is 9.56. The van der Waals surface area contributed by atoms with Crippen LogP contribution in [0.2, 0.25) is 0 Å². The summed E-state index contributed by atoms with van der Waals surface area (Å²) in [6.45, 7) is 1.85. The summed E-state index contributed by atoms with van der Waals surface area (Å²) in [6.07, 6.45) is 9.14. The molecule has 14 heavy (non-hydrogen) atoms. The summed E-state index contributed by atoms with van der Waals surface area (Å²) in [4.78, 5) is 13.5. The van der Waals surface area contributed by atoms with Crippen molar-refractivity contribution in [2.75, 3.05) is 13.1 Å². The molecule has 78 valence electrons. The monoisotopic (exact) mass is 194 g/mol. The standard InChI is InChI=1S/C11H18N2O/c14-11(13-7-3-4-8-13)12-9-10-5-1-2-6-10/h9H,1-8H2,(H,12,14).